The molecule has 1 saturated carbocycles. The van der Waals surface area contributed by atoms with E-state index in [1.165, 1.54) is 12.8 Å². The van der Waals surface area contributed by atoms with Crippen molar-refractivity contribution in [3.8, 4) is 0 Å². The van der Waals surface area contributed by atoms with E-state index in [0.717, 1.165) is 25.8 Å². The fourth-order valence-corrected chi connectivity index (χ4v) is 2.01. The molecule has 3 heteroatoms. The molecule has 82 valence electrons. The van der Waals surface area contributed by atoms with E-state index in [0.29, 0.717) is 17.7 Å². The molecule has 0 spiro atoms. The molecule has 2 nitrogen and oxygen atoms in total. The molecular formula is C11H20ClNO. The van der Waals surface area contributed by atoms with Crippen molar-refractivity contribution in [2.24, 2.45) is 5.41 Å². The Morgan fingerprint density at radius 3 is 2.71 bits per heavy atom. The Bertz CT molecular complexity index is 190. The molecule has 0 saturated heterocycles. The SMILES string of the molecule is CCCCC(=O)NCC1(CCCl)CC1. The van der Waals surface area contributed by atoms with Crippen molar-refractivity contribution in [2.45, 2.75) is 45.4 Å². The summed E-state index contributed by atoms with van der Waals surface area (Å²) in [6.45, 7) is 2.94. The predicted molar refractivity (Wildman–Crippen MR) is 59.5 cm³/mol. The van der Waals surface area contributed by atoms with Crippen LogP contribution >= 0.6 is 11.6 Å². The highest BCUT2D eigenvalue weighted by Crippen LogP contribution is 2.48. The molecule has 0 aliphatic heterocycles. The summed E-state index contributed by atoms with van der Waals surface area (Å²) in [7, 11) is 0. The smallest absolute Gasteiger partial charge is 0.220 e. The molecule has 1 rings (SSSR count). The lowest BCUT2D eigenvalue weighted by atomic mass is 10.0. The van der Waals surface area contributed by atoms with Crippen molar-refractivity contribution in [3.05, 3.63) is 0 Å². The summed E-state index contributed by atoms with van der Waals surface area (Å²) in [6.07, 6.45) is 6.26. The number of hydrogen-bond donors (Lipinski definition) is 1. The molecule has 0 aromatic carbocycles. The molecule has 0 atom stereocenters. The summed E-state index contributed by atoms with van der Waals surface area (Å²) in [4.78, 5) is 11.3. The fourth-order valence-electron chi connectivity index (χ4n) is 1.60. The first-order valence-corrected chi connectivity index (χ1v) is 6.08. The monoisotopic (exact) mass is 217 g/mol. The second kappa shape index (κ2) is 5.59. The summed E-state index contributed by atoms with van der Waals surface area (Å²) >= 11 is 5.71. The number of amides is 1. The van der Waals surface area contributed by atoms with E-state index in [1.807, 2.05) is 0 Å². The van der Waals surface area contributed by atoms with Crippen molar-refractivity contribution in [1.29, 1.82) is 0 Å². The van der Waals surface area contributed by atoms with E-state index in [1.54, 1.807) is 0 Å². The topological polar surface area (TPSA) is 29.1 Å². The molecule has 1 N–H and O–H groups in total. The first kappa shape index (κ1) is 11.8. The third kappa shape index (κ3) is 3.87. The van der Waals surface area contributed by atoms with E-state index in [-0.39, 0.29) is 5.91 Å². The van der Waals surface area contributed by atoms with E-state index in [2.05, 4.69) is 12.2 Å². The molecule has 14 heavy (non-hydrogen) atoms. The highest BCUT2D eigenvalue weighted by Gasteiger charge is 2.41. The average Bonchev–Trinajstić information content (AvgIpc) is 2.93. The van der Waals surface area contributed by atoms with Crippen LogP contribution in [0.4, 0.5) is 0 Å². The van der Waals surface area contributed by atoms with Gasteiger partial charge in [0.25, 0.3) is 0 Å². The Morgan fingerprint density at radius 2 is 2.21 bits per heavy atom. The van der Waals surface area contributed by atoms with Gasteiger partial charge >= 0.3 is 0 Å². The van der Waals surface area contributed by atoms with Crippen LogP contribution in [0.25, 0.3) is 0 Å². The number of nitrogens with one attached hydrogen (secondary N) is 1. The van der Waals surface area contributed by atoms with E-state index < -0.39 is 0 Å². The van der Waals surface area contributed by atoms with Gasteiger partial charge in [-0.05, 0) is 31.1 Å². The molecule has 0 aromatic heterocycles. The molecule has 0 unspecified atom stereocenters. The molecule has 1 aliphatic rings. The molecule has 0 bridgehead atoms. The molecular weight excluding hydrogens is 198 g/mol. The summed E-state index contributed by atoms with van der Waals surface area (Å²) in [6, 6.07) is 0. The fraction of sp³-hybridized carbons (Fsp3) is 0.909. The standard InChI is InChI=1S/C11H20ClNO/c1-2-3-4-10(14)13-9-11(5-6-11)7-8-12/h2-9H2,1H3,(H,13,14). The van der Waals surface area contributed by atoms with Gasteiger partial charge in [-0.25, -0.2) is 0 Å². The van der Waals surface area contributed by atoms with Crippen LogP contribution in [0.3, 0.4) is 0 Å². The van der Waals surface area contributed by atoms with Crippen LogP contribution < -0.4 is 5.32 Å². The number of rotatable bonds is 7. The third-order valence-electron chi connectivity index (χ3n) is 3.00. The molecule has 1 aliphatic carbocycles. The van der Waals surface area contributed by atoms with Crippen molar-refractivity contribution >= 4 is 17.5 Å². The summed E-state index contributed by atoms with van der Waals surface area (Å²) in [5, 5.41) is 3.01. The van der Waals surface area contributed by atoms with Crippen molar-refractivity contribution in [3.63, 3.8) is 0 Å². The van der Waals surface area contributed by atoms with E-state index in [4.69, 9.17) is 11.6 Å². The molecule has 1 fully saturated rings. The van der Waals surface area contributed by atoms with Crippen LogP contribution in [-0.2, 0) is 4.79 Å². The number of halogens is 1. The van der Waals surface area contributed by atoms with Gasteiger partial charge < -0.3 is 5.32 Å². The molecule has 0 radical (unpaired) electrons. The zero-order valence-corrected chi connectivity index (χ0v) is 9.70. The van der Waals surface area contributed by atoms with Crippen LogP contribution in [0.2, 0.25) is 0 Å². The summed E-state index contributed by atoms with van der Waals surface area (Å²) < 4.78 is 0. The minimum Gasteiger partial charge on any atom is -0.356 e. The number of carbonyl (C=O) groups excluding carboxylic acids is 1. The Morgan fingerprint density at radius 1 is 1.50 bits per heavy atom. The molecule has 0 heterocycles. The second-order valence-corrected chi connectivity index (χ2v) is 4.70. The van der Waals surface area contributed by atoms with Gasteiger partial charge in [0.2, 0.25) is 5.91 Å². The van der Waals surface area contributed by atoms with Gasteiger partial charge in [-0.15, -0.1) is 11.6 Å². The maximum atomic E-state index is 11.3. The zero-order valence-electron chi connectivity index (χ0n) is 8.94. The molecule has 0 aromatic rings. The number of alkyl halides is 1. The quantitative estimate of drug-likeness (QED) is 0.653. The van der Waals surface area contributed by atoms with Gasteiger partial charge in [0, 0.05) is 18.8 Å². The maximum Gasteiger partial charge on any atom is 0.220 e. The highest BCUT2D eigenvalue weighted by atomic mass is 35.5. The minimum absolute atomic E-state index is 0.202. The van der Waals surface area contributed by atoms with Crippen LogP contribution in [0.1, 0.15) is 45.4 Å². The van der Waals surface area contributed by atoms with E-state index >= 15 is 0 Å². The van der Waals surface area contributed by atoms with Crippen LogP contribution in [0, 0.1) is 5.41 Å². The van der Waals surface area contributed by atoms with Crippen LogP contribution in [-0.4, -0.2) is 18.3 Å². The lowest BCUT2D eigenvalue weighted by molar-refractivity contribution is -0.121. The number of hydrogen-bond acceptors (Lipinski definition) is 1. The Hall–Kier alpha value is -0.240. The highest BCUT2D eigenvalue weighted by molar-refractivity contribution is 6.17. The number of carbonyl (C=O) groups is 1. The summed E-state index contributed by atoms with van der Waals surface area (Å²) in [5.74, 6) is 0.915. The number of unbranched alkanes of at least 4 members (excludes halogenated alkanes) is 1. The predicted octanol–water partition coefficient (Wildman–Crippen LogP) is 2.70. The largest absolute Gasteiger partial charge is 0.356 e. The van der Waals surface area contributed by atoms with Crippen LogP contribution in [0.5, 0.6) is 0 Å². The first-order valence-electron chi connectivity index (χ1n) is 5.55. The van der Waals surface area contributed by atoms with Gasteiger partial charge in [-0.2, -0.15) is 0 Å². The lowest BCUT2D eigenvalue weighted by Crippen LogP contribution is -2.30. The van der Waals surface area contributed by atoms with Gasteiger partial charge in [0.1, 0.15) is 0 Å². The van der Waals surface area contributed by atoms with Gasteiger partial charge in [0.05, 0.1) is 0 Å². The third-order valence-corrected chi connectivity index (χ3v) is 3.19. The zero-order chi connectivity index (χ0) is 10.4. The van der Waals surface area contributed by atoms with Gasteiger partial charge in [-0.3, -0.25) is 4.79 Å². The van der Waals surface area contributed by atoms with Gasteiger partial charge in [-0.1, -0.05) is 13.3 Å². The van der Waals surface area contributed by atoms with E-state index in [9.17, 15) is 4.79 Å². The Labute approximate surface area is 91.4 Å². The van der Waals surface area contributed by atoms with Crippen LogP contribution in [0.15, 0.2) is 0 Å². The lowest BCUT2D eigenvalue weighted by Gasteiger charge is -2.14. The van der Waals surface area contributed by atoms with Gasteiger partial charge in [0.15, 0.2) is 0 Å². The summed E-state index contributed by atoms with van der Waals surface area (Å²) in [5.41, 5.74) is 0.365. The molecule has 1 amide bonds. The average molecular weight is 218 g/mol. The Kier molecular flexibility index (Phi) is 4.73. The van der Waals surface area contributed by atoms with Crippen molar-refractivity contribution in [2.75, 3.05) is 12.4 Å². The Balaban J connectivity index is 2.10. The second-order valence-electron chi connectivity index (χ2n) is 4.32. The minimum atomic E-state index is 0.202. The maximum absolute atomic E-state index is 11.3. The normalized spacial score (nSPS) is 17.9. The van der Waals surface area contributed by atoms with Crippen molar-refractivity contribution in [1.82, 2.24) is 5.32 Å². The first-order chi connectivity index (χ1) is 6.72. The van der Waals surface area contributed by atoms with Crippen molar-refractivity contribution < 1.29 is 4.79 Å².